The molecule has 0 aliphatic carbocycles. The minimum Gasteiger partial charge on any atom is -0.478 e. The molecule has 132 valence electrons. The maximum Gasteiger partial charge on any atom is 0.348 e. The van der Waals surface area contributed by atoms with E-state index >= 15 is 0 Å². The van der Waals surface area contributed by atoms with E-state index in [9.17, 15) is 9.90 Å². The van der Waals surface area contributed by atoms with Crippen LogP contribution in [-0.4, -0.2) is 44.7 Å². The largest absolute Gasteiger partial charge is 0.478 e. The van der Waals surface area contributed by atoms with Crippen LogP contribution in [0.1, 0.15) is 12.8 Å². The number of hydrogen-bond donors (Lipinski definition) is 1. The Morgan fingerprint density at radius 1 is 1.04 bits per heavy atom. The van der Waals surface area contributed by atoms with Crippen molar-refractivity contribution in [1.29, 1.82) is 0 Å². The van der Waals surface area contributed by atoms with Crippen molar-refractivity contribution >= 4 is 22.8 Å². The van der Waals surface area contributed by atoms with Crippen molar-refractivity contribution in [3.8, 4) is 5.75 Å². The lowest BCUT2D eigenvalue weighted by atomic mass is 9.91. The van der Waals surface area contributed by atoms with E-state index in [1.165, 1.54) is 0 Å². The average molecular weight is 350 g/mol. The molecule has 1 aliphatic heterocycles. The minimum atomic E-state index is -1.25. The average Bonchev–Trinajstić information content (AvgIpc) is 2.69. The Morgan fingerprint density at radius 3 is 2.50 bits per heavy atom. The summed E-state index contributed by atoms with van der Waals surface area (Å²) >= 11 is 0. The molecule has 3 aromatic rings. The number of anilines is 1. The van der Waals surface area contributed by atoms with Crippen LogP contribution in [0.5, 0.6) is 5.75 Å². The molecule has 0 saturated carbocycles. The first-order chi connectivity index (χ1) is 12.7. The number of carboxylic acid groups (broad SMARTS) is 1. The summed E-state index contributed by atoms with van der Waals surface area (Å²) in [5, 5.41) is 10.8. The second kappa shape index (κ2) is 6.59. The van der Waals surface area contributed by atoms with Crippen LogP contribution < -0.4 is 9.64 Å². The first-order valence-electron chi connectivity index (χ1n) is 8.45. The normalized spacial score (nSPS) is 16.4. The zero-order valence-electron chi connectivity index (χ0n) is 14.1. The van der Waals surface area contributed by atoms with E-state index in [4.69, 9.17) is 4.74 Å². The second-order valence-electron chi connectivity index (χ2n) is 6.30. The molecule has 7 nitrogen and oxygen atoms in total. The molecule has 0 amide bonds. The Hall–Kier alpha value is -3.22. The number of rotatable bonds is 4. The van der Waals surface area contributed by atoms with Gasteiger partial charge in [-0.3, -0.25) is 4.98 Å². The van der Waals surface area contributed by atoms with Crippen molar-refractivity contribution in [3.63, 3.8) is 0 Å². The highest BCUT2D eigenvalue weighted by molar-refractivity contribution is 5.81. The summed E-state index contributed by atoms with van der Waals surface area (Å²) in [5.41, 5.74) is -0.401. The number of nitrogens with zero attached hydrogens (tertiary/aromatic N) is 4. The topological polar surface area (TPSA) is 88.4 Å². The number of aliphatic carboxylic acids is 1. The van der Waals surface area contributed by atoms with E-state index in [1.54, 1.807) is 30.7 Å². The smallest absolute Gasteiger partial charge is 0.348 e. The third kappa shape index (κ3) is 3.03. The Labute approximate surface area is 150 Å². The van der Waals surface area contributed by atoms with Gasteiger partial charge in [0, 0.05) is 49.9 Å². The molecule has 1 aliphatic rings. The molecule has 1 saturated heterocycles. The van der Waals surface area contributed by atoms with Crippen molar-refractivity contribution in [3.05, 3.63) is 55.0 Å². The minimum absolute atomic E-state index is 0.353. The van der Waals surface area contributed by atoms with Crippen LogP contribution in [0, 0.1) is 0 Å². The van der Waals surface area contributed by atoms with Crippen LogP contribution in [0.15, 0.2) is 55.0 Å². The molecular weight excluding hydrogens is 332 g/mol. The second-order valence-corrected chi connectivity index (χ2v) is 6.30. The van der Waals surface area contributed by atoms with E-state index in [0.717, 1.165) is 10.9 Å². The molecule has 0 unspecified atom stereocenters. The summed E-state index contributed by atoms with van der Waals surface area (Å²) in [6.07, 6.45) is 5.79. The maximum absolute atomic E-state index is 12.0. The van der Waals surface area contributed by atoms with Gasteiger partial charge in [0.15, 0.2) is 0 Å². The fraction of sp³-hybridized carbons (Fsp3) is 0.263. The summed E-state index contributed by atoms with van der Waals surface area (Å²) < 4.78 is 6.00. The van der Waals surface area contributed by atoms with E-state index < -0.39 is 11.6 Å². The predicted octanol–water partition coefficient (Wildman–Crippen LogP) is 2.53. The van der Waals surface area contributed by atoms with Crippen LogP contribution in [0.2, 0.25) is 0 Å². The zero-order valence-corrected chi connectivity index (χ0v) is 14.1. The zero-order chi connectivity index (χ0) is 18.0. The highest BCUT2D eigenvalue weighted by Crippen LogP contribution is 2.31. The molecule has 7 heteroatoms. The molecule has 26 heavy (non-hydrogen) atoms. The molecular formula is C19H18N4O3. The standard InChI is InChI=1S/C19H18N4O3/c24-17(25)19(6-11-23(12-7-19)18-21-9-2-10-22-18)26-15-4-5-16-14(13-15)3-1-8-20-16/h1-5,8-10,13H,6-7,11-12H2,(H,24,25). The van der Waals surface area contributed by atoms with Crippen LogP contribution in [0.4, 0.5) is 5.95 Å². The number of pyridine rings is 1. The van der Waals surface area contributed by atoms with Crippen LogP contribution in [0.3, 0.4) is 0 Å². The molecule has 3 heterocycles. The molecule has 0 atom stereocenters. The Kier molecular flexibility index (Phi) is 4.12. The highest BCUT2D eigenvalue weighted by Gasteiger charge is 2.44. The fourth-order valence-electron chi connectivity index (χ4n) is 3.22. The fourth-order valence-corrected chi connectivity index (χ4v) is 3.22. The Morgan fingerprint density at radius 2 is 1.77 bits per heavy atom. The summed E-state index contributed by atoms with van der Waals surface area (Å²) in [5.74, 6) is 0.206. The molecule has 0 spiro atoms. The molecule has 1 fully saturated rings. The number of hydrogen-bond acceptors (Lipinski definition) is 6. The van der Waals surface area contributed by atoms with Crippen LogP contribution >= 0.6 is 0 Å². The number of benzene rings is 1. The van der Waals surface area contributed by atoms with Crippen molar-refractivity contribution in [1.82, 2.24) is 15.0 Å². The Bertz CT molecular complexity index is 924. The van der Waals surface area contributed by atoms with E-state index in [0.29, 0.717) is 37.6 Å². The third-order valence-electron chi connectivity index (χ3n) is 4.68. The van der Waals surface area contributed by atoms with Gasteiger partial charge in [-0.1, -0.05) is 6.07 Å². The van der Waals surface area contributed by atoms with Crippen molar-refractivity contribution in [2.75, 3.05) is 18.0 Å². The molecule has 1 N–H and O–H groups in total. The van der Waals surface area contributed by atoms with E-state index in [-0.39, 0.29) is 0 Å². The number of carbonyl (C=O) groups is 1. The van der Waals surface area contributed by atoms with Crippen LogP contribution in [0.25, 0.3) is 10.9 Å². The summed E-state index contributed by atoms with van der Waals surface area (Å²) in [7, 11) is 0. The van der Waals surface area contributed by atoms with Crippen LogP contribution in [-0.2, 0) is 4.79 Å². The number of fused-ring (bicyclic) bond motifs is 1. The summed E-state index contributed by atoms with van der Waals surface area (Å²) in [4.78, 5) is 26.7. The lowest BCUT2D eigenvalue weighted by molar-refractivity contribution is -0.157. The number of carboxylic acids is 1. The Balaban J connectivity index is 1.55. The molecule has 4 rings (SSSR count). The first kappa shape index (κ1) is 16.3. The summed E-state index contributed by atoms with van der Waals surface area (Å²) in [6, 6.07) is 11.0. The van der Waals surface area contributed by atoms with Crippen molar-refractivity contribution < 1.29 is 14.6 Å². The van der Waals surface area contributed by atoms with Gasteiger partial charge in [0.2, 0.25) is 11.5 Å². The van der Waals surface area contributed by atoms with Gasteiger partial charge in [0.05, 0.1) is 5.52 Å². The van der Waals surface area contributed by atoms with Gasteiger partial charge in [-0.2, -0.15) is 0 Å². The van der Waals surface area contributed by atoms with Gasteiger partial charge in [-0.05, 0) is 30.3 Å². The molecule has 2 aromatic heterocycles. The van der Waals surface area contributed by atoms with Gasteiger partial charge in [0.1, 0.15) is 5.75 Å². The number of ether oxygens (including phenoxy) is 1. The first-order valence-corrected chi connectivity index (χ1v) is 8.45. The number of aromatic nitrogens is 3. The van der Waals surface area contributed by atoms with Gasteiger partial charge in [-0.25, -0.2) is 14.8 Å². The van der Waals surface area contributed by atoms with Gasteiger partial charge in [0.25, 0.3) is 0 Å². The SMILES string of the molecule is O=C(O)C1(Oc2ccc3ncccc3c2)CCN(c2ncccn2)CC1. The monoisotopic (exact) mass is 350 g/mol. The molecule has 0 bridgehead atoms. The quantitative estimate of drug-likeness (QED) is 0.773. The number of piperidine rings is 1. The highest BCUT2D eigenvalue weighted by atomic mass is 16.5. The van der Waals surface area contributed by atoms with Gasteiger partial charge in [-0.15, -0.1) is 0 Å². The van der Waals surface area contributed by atoms with Crippen molar-refractivity contribution in [2.45, 2.75) is 18.4 Å². The lowest BCUT2D eigenvalue weighted by Gasteiger charge is -2.38. The molecule has 1 aromatic carbocycles. The lowest BCUT2D eigenvalue weighted by Crippen LogP contribution is -2.53. The third-order valence-corrected chi connectivity index (χ3v) is 4.68. The van der Waals surface area contributed by atoms with E-state index in [1.807, 2.05) is 29.2 Å². The predicted molar refractivity (Wildman–Crippen MR) is 96.2 cm³/mol. The maximum atomic E-state index is 12.0. The van der Waals surface area contributed by atoms with Crippen molar-refractivity contribution in [2.24, 2.45) is 0 Å². The van der Waals surface area contributed by atoms with Gasteiger partial charge >= 0.3 is 5.97 Å². The van der Waals surface area contributed by atoms with E-state index in [2.05, 4.69) is 15.0 Å². The molecule has 0 radical (unpaired) electrons. The van der Waals surface area contributed by atoms with Gasteiger partial charge < -0.3 is 14.7 Å². The summed E-state index contributed by atoms with van der Waals surface area (Å²) in [6.45, 7) is 1.04.